The summed E-state index contributed by atoms with van der Waals surface area (Å²) in [6, 6.07) is 15.0. The number of hydrogen-bond donors (Lipinski definition) is 1. The quantitative estimate of drug-likeness (QED) is 0.903. The summed E-state index contributed by atoms with van der Waals surface area (Å²) in [6.45, 7) is 2.22. The number of rotatable bonds is 4. The second kappa shape index (κ2) is 5.89. The molecule has 2 rings (SSSR count). The van der Waals surface area contributed by atoms with Gasteiger partial charge < -0.3 is 9.84 Å². The third kappa shape index (κ3) is 3.49. The number of ether oxygens (including phenoxy) is 1. The highest BCUT2D eigenvalue weighted by atomic mass is 35.5. The average molecular weight is 263 g/mol. The highest BCUT2D eigenvalue weighted by Gasteiger charge is 2.02. The standard InChI is InChI=1S/C15H15ClO2/c1-11(17)13-3-2-4-15(9-13)18-10-12-5-7-14(16)8-6-12/h2-9,11,17H,10H2,1H3/t11-/m1/s1. The number of benzene rings is 2. The maximum Gasteiger partial charge on any atom is 0.120 e. The largest absolute Gasteiger partial charge is 0.489 e. The van der Waals surface area contributed by atoms with Crippen LogP contribution in [0.5, 0.6) is 5.75 Å². The van der Waals surface area contributed by atoms with E-state index >= 15 is 0 Å². The van der Waals surface area contributed by atoms with Crippen molar-refractivity contribution in [2.75, 3.05) is 0 Å². The molecule has 1 atom stereocenters. The second-order valence-electron chi connectivity index (χ2n) is 4.16. The van der Waals surface area contributed by atoms with Crippen molar-refractivity contribution in [2.45, 2.75) is 19.6 Å². The molecule has 0 saturated carbocycles. The lowest BCUT2D eigenvalue weighted by Gasteiger charge is -2.09. The summed E-state index contributed by atoms with van der Waals surface area (Å²) in [5.74, 6) is 0.753. The van der Waals surface area contributed by atoms with E-state index in [-0.39, 0.29) is 0 Å². The fraction of sp³-hybridized carbons (Fsp3) is 0.200. The number of halogens is 1. The van der Waals surface area contributed by atoms with E-state index < -0.39 is 6.10 Å². The Hall–Kier alpha value is -1.51. The van der Waals surface area contributed by atoms with E-state index in [1.807, 2.05) is 48.5 Å². The van der Waals surface area contributed by atoms with Gasteiger partial charge in [0.25, 0.3) is 0 Å². The lowest BCUT2D eigenvalue weighted by atomic mass is 10.1. The number of hydrogen-bond acceptors (Lipinski definition) is 2. The van der Waals surface area contributed by atoms with Crippen LogP contribution in [0.2, 0.25) is 5.02 Å². The predicted octanol–water partition coefficient (Wildman–Crippen LogP) is 3.97. The first kappa shape index (κ1) is 12.9. The highest BCUT2D eigenvalue weighted by molar-refractivity contribution is 6.30. The molecule has 2 aromatic carbocycles. The summed E-state index contributed by atoms with van der Waals surface area (Å²) in [7, 11) is 0. The van der Waals surface area contributed by atoms with Crippen LogP contribution in [0.15, 0.2) is 48.5 Å². The Morgan fingerprint density at radius 2 is 1.89 bits per heavy atom. The Bertz CT molecular complexity index is 506. The lowest BCUT2D eigenvalue weighted by Crippen LogP contribution is -1.97. The Morgan fingerprint density at radius 3 is 2.56 bits per heavy atom. The predicted molar refractivity (Wildman–Crippen MR) is 72.9 cm³/mol. The van der Waals surface area contributed by atoms with Crippen molar-refractivity contribution in [3.05, 3.63) is 64.7 Å². The molecule has 0 saturated heterocycles. The van der Waals surface area contributed by atoms with Gasteiger partial charge in [0.1, 0.15) is 12.4 Å². The number of aliphatic hydroxyl groups is 1. The lowest BCUT2D eigenvalue weighted by molar-refractivity contribution is 0.198. The van der Waals surface area contributed by atoms with Crippen LogP contribution in [0.3, 0.4) is 0 Å². The third-order valence-electron chi connectivity index (χ3n) is 2.66. The average Bonchev–Trinajstić information content (AvgIpc) is 2.38. The van der Waals surface area contributed by atoms with Crippen LogP contribution in [-0.2, 0) is 6.61 Å². The Labute approximate surface area is 112 Å². The molecule has 0 aromatic heterocycles. The van der Waals surface area contributed by atoms with E-state index in [4.69, 9.17) is 16.3 Å². The number of aliphatic hydroxyl groups excluding tert-OH is 1. The summed E-state index contributed by atoms with van der Waals surface area (Å²) in [5.41, 5.74) is 1.91. The first-order valence-corrected chi connectivity index (χ1v) is 6.18. The molecule has 0 radical (unpaired) electrons. The van der Waals surface area contributed by atoms with Gasteiger partial charge in [0.15, 0.2) is 0 Å². The maximum absolute atomic E-state index is 9.49. The van der Waals surface area contributed by atoms with E-state index in [9.17, 15) is 5.11 Å². The minimum absolute atomic E-state index is 0.482. The molecule has 0 aliphatic carbocycles. The van der Waals surface area contributed by atoms with Crippen LogP contribution in [0, 0.1) is 0 Å². The summed E-state index contributed by atoms with van der Waals surface area (Å²) in [5, 5.41) is 10.2. The molecule has 1 N–H and O–H groups in total. The van der Waals surface area contributed by atoms with Gasteiger partial charge in [-0.1, -0.05) is 35.9 Å². The molecule has 2 nitrogen and oxygen atoms in total. The Balaban J connectivity index is 2.01. The summed E-state index contributed by atoms with van der Waals surface area (Å²) >= 11 is 5.82. The van der Waals surface area contributed by atoms with Gasteiger partial charge >= 0.3 is 0 Å². The monoisotopic (exact) mass is 262 g/mol. The smallest absolute Gasteiger partial charge is 0.120 e. The second-order valence-corrected chi connectivity index (χ2v) is 4.60. The SMILES string of the molecule is C[C@@H](O)c1cccc(OCc2ccc(Cl)cc2)c1. The molecule has 18 heavy (non-hydrogen) atoms. The highest BCUT2D eigenvalue weighted by Crippen LogP contribution is 2.20. The zero-order valence-corrected chi connectivity index (χ0v) is 10.9. The summed E-state index contributed by atoms with van der Waals surface area (Å²) in [4.78, 5) is 0. The Kier molecular flexibility index (Phi) is 4.24. The van der Waals surface area contributed by atoms with Crippen molar-refractivity contribution >= 4 is 11.6 Å². The molecule has 2 aromatic rings. The molecule has 0 aliphatic heterocycles. The zero-order chi connectivity index (χ0) is 13.0. The molecule has 0 heterocycles. The van der Waals surface area contributed by atoms with Crippen LogP contribution in [-0.4, -0.2) is 5.11 Å². The van der Waals surface area contributed by atoms with Crippen molar-refractivity contribution in [2.24, 2.45) is 0 Å². The van der Waals surface area contributed by atoms with Gasteiger partial charge in [-0.3, -0.25) is 0 Å². The van der Waals surface area contributed by atoms with Gasteiger partial charge in [0.05, 0.1) is 6.10 Å². The van der Waals surface area contributed by atoms with Gasteiger partial charge in [0, 0.05) is 5.02 Å². The molecule has 94 valence electrons. The maximum atomic E-state index is 9.49. The van der Waals surface area contributed by atoms with Crippen LogP contribution in [0.4, 0.5) is 0 Å². The first-order valence-electron chi connectivity index (χ1n) is 5.80. The van der Waals surface area contributed by atoms with Crippen molar-refractivity contribution in [1.29, 1.82) is 0 Å². The molecule has 0 aliphatic rings. The molecule has 0 unspecified atom stereocenters. The van der Waals surface area contributed by atoms with Crippen LogP contribution in [0.25, 0.3) is 0 Å². The van der Waals surface area contributed by atoms with Gasteiger partial charge in [-0.2, -0.15) is 0 Å². The summed E-state index contributed by atoms with van der Waals surface area (Å²) in [6.07, 6.45) is -0.482. The van der Waals surface area contributed by atoms with Crippen LogP contribution >= 0.6 is 11.6 Å². The van der Waals surface area contributed by atoms with Crippen LogP contribution < -0.4 is 4.74 Å². The zero-order valence-electron chi connectivity index (χ0n) is 10.1. The molecular formula is C15H15ClO2. The van der Waals surface area contributed by atoms with Crippen molar-refractivity contribution in [1.82, 2.24) is 0 Å². The summed E-state index contributed by atoms with van der Waals surface area (Å²) < 4.78 is 5.67. The van der Waals surface area contributed by atoms with E-state index in [0.29, 0.717) is 6.61 Å². The van der Waals surface area contributed by atoms with E-state index in [0.717, 1.165) is 21.9 Å². The Morgan fingerprint density at radius 1 is 1.17 bits per heavy atom. The van der Waals surface area contributed by atoms with E-state index in [1.165, 1.54) is 0 Å². The van der Waals surface area contributed by atoms with Gasteiger partial charge in [-0.05, 0) is 42.3 Å². The van der Waals surface area contributed by atoms with E-state index in [1.54, 1.807) is 6.92 Å². The fourth-order valence-corrected chi connectivity index (χ4v) is 1.74. The van der Waals surface area contributed by atoms with Crippen molar-refractivity contribution < 1.29 is 9.84 Å². The first-order chi connectivity index (χ1) is 8.65. The van der Waals surface area contributed by atoms with Crippen molar-refractivity contribution in [3.8, 4) is 5.75 Å². The van der Waals surface area contributed by atoms with Gasteiger partial charge in [-0.25, -0.2) is 0 Å². The van der Waals surface area contributed by atoms with E-state index in [2.05, 4.69) is 0 Å². The molecule has 3 heteroatoms. The fourth-order valence-electron chi connectivity index (χ4n) is 1.61. The van der Waals surface area contributed by atoms with Gasteiger partial charge in [0.2, 0.25) is 0 Å². The molecule has 0 spiro atoms. The van der Waals surface area contributed by atoms with Crippen LogP contribution in [0.1, 0.15) is 24.2 Å². The molecular weight excluding hydrogens is 248 g/mol. The minimum Gasteiger partial charge on any atom is -0.489 e. The minimum atomic E-state index is -0.482. The third-order valence-corrected chi connectivity index (χ3v) is 2.91. The normalized spacial score (nSPS) is 12.2. The molecule has 0 amide bonds. The molecule has 0 fully saturated rings. The topological polar surface area (TPSA) is 29.5 Å². The van der Waals surface area contributed by atoms with Gasteiger partial charge in [-0.15, -0.1) is 0 Å². The van der Waals surface area contributed by atoms with Crippen molar-refractivity contribution in [3.63, 3.8) is 0 Å². The molecule has 0 bridgehead atoms.